The van der Waals surface area contributed by atoms with Gasteiger partial charge in [-0.05, 0) is 11.1 Å². The number of benzene rings is 2. The van der Waals surface area contributed by atoms with E-state index in [0.717, 1.165) is 5.56 Å². The van der Waals surface area contributed by atoms with Gasteiger partial charge in [0.25, 0.3) is 0 Å². The van der Waals surface area contributed by atoms with Crippen molar-refractivity contribution in [3.63, 3.8) is 0 Å². The third kappa shape index (κ3) is 4.71. The first-order valence-corrected chi connectivity index (χ1v) is 6.87. The Labute approximate surface area is 128 Å². The first kappa shape index (κ1) is 15.7. The van der Waals surface area contributed by atoms with E-state index in [0.29, 0.717) is 5.56 Å². The number of hydrogen-bond donors (Lipinski definition) is 2. The first-order valence-electron chi connectivity index (χ1n) is 6.87. The summed E-state index contributed by atoms with van der Waals surface area (Å²) in [5.74, 6) is -1.53. The normalized spacial score (nSPS) is 11.6. The Hall–Kier alpha value is -2.66. The van der Waals surface area contributed by atoms with E-state index >= 15 is 0 Å². The molecule has 1 atom stereocenters. The Morgan fingerprint density at radius 3 is 2.18 bits per heavy atom. The Morgan fingerprint density at radius 2 is 1.59 bits per heavy atom. The second-order valence-corrected chi connectivity index (χ2v) is 4.71. The molecule has 0 radical (unpaired) electrons. The molecule has 0 bridgehead atoms. The van der Waals surface area contributed by atoms with Crippen LogP contribution < -0.4 is 5.32 Å². The van der Waals surface area contributed by atoms with Crippen LogP contribution in [0.3, 0.4) is 0 Å². The summed E-state index contributed by atoms with van der Waals surface area (Å²) >= 11 is 0. The molecule has 5 nitrogen and oxygen atoms in total. The number of hydrogen-bond acceptors (Lipinski definition) is 4. The van der Waals surface area contributed by atoms with Crippen LogP contribution >= 0.6 is 0 Å². The molecule has 0 aliphatic heterocycles. The first-order chi connectivity index (χ1) is 10.7. The fourth-order valence-corrected chi connectivity index (χ4v) is 1.97. The highest BCUT2D eigenvalue weighted by Gasteiger charge is 2.20. The molecular formula is C17H17NO4. The number of aliphatic carboxylic acids is 1. The number of ether oxygens (including phenoxy) is 1. The van der Waals surface area contributed by atoms with E-state index in [1.807, 2.05) is 30.3 Å². The maximum absolute atomic E-state index is 11.7. The van der Waals surface area contributed by atoms with E-state index in [-0.39, 0.29) is 13.2 Å². The molecule has 2 aromatic carbocycles. The van der Waals surface area contributed by atoms with Crippen molar-refractivity contribution < 1.29 is 19.4 Å². The van der Waals surface area contributed by atoms with Gasteiger partial charge in [-0.25, -0.2) is 0 Å². The summed E-state index contributed by atoms with van der Waals surface area (Å²) in [5.41, 5.74) is 1.47. The van der Waals surface area contributed by atoms with Gasteiger partial charge in [0.2, 0.25) is 0 Å². The third-order valence-electron chi connectivity index (χ3n) is 3.07. The van der Waals surface area contributed by atoms with Crippen LogP contribution in [0.4, 0.5) is 0 Å². The number of nitrogens with one attached hydrogen (secondary N) is 1. The predicted molar refractivity (Wildman–Crippen MR) is 81.1 cm³/mol. The lowest BCUT2D eigenvalue weighted by atomic mass is 10.1. The molecule has 0 spiro atoms. The maximum Gasteiger partial charge on any atom is 0.325 e. The molecule has 0 amide bonds. The van der Waals surface area contributed by atoms with Gasteiger partial charge in [-0.15, -0.1) is 0 Å². The molecule has 0 aromatic heterocycles. The summed E-state index contributed by atoms with van der Waals surface area (Å²) in [4.78, 5) is 23.0. The average Bonchev–Trinajstić information content (AvgIpc) is 2.55. The van der Waals surface area contributed by atoms with Crippen LogP contribution in [0.2, 0.25) is 0 Å². The maximum atomic E-state index is 11.7. The quantitative estimate of drug-likeness (QED) is 0.766. The molecule has 0 heterocycles. The van der Waals surface area contributed by atoms with Gasteiger partial charge < -0.3 is 9.84 Å². The fourth-order valence-electron chi connectivity index (χ4n) is 1.97. The summed E-state index contributed by atoms with van der Waals surface area (Å²) in [6.45, 7) is 0.00310. The Bertz CT molecular complexity index is 613. The van der Waals surface area contributed by atoms with Crippen molar-refractivity contribution in [1.82, 2.24) is 5.32 Å². The van der Waals surface area contributed by atoms with E-state index in [1.54, 1.807) is 30.3 Å². The third-order valence-corrected chi connectivity index (χ3v) is 3.07. The summed E-state index contributed by atoms with van der Waals surface area (Å²) in [6.07, 6.45) is 0. The van der Waals surface area contributed by atoms with Crippen molar-refractivity contribution in [3.05, 3.63) is 71.8 Å². The molecule has 5 heteroatoms. The minimum atomic E-state index is -1.04. The Morgan fingerprint density at radius 1 is 1.00 bits per heavy atom. The van der Waals surface area contributed by atoms with Crippen LogP contribution in [0.1, 0.15) is 17.2 Å². The number of carbonyl (C=O) groups excluding carboxylic acids is 1. The molecule has 0 unspecified atom stereocenters. The zero-order valence-corrected chi connectivity index (χ0v) is 11.9. The van der Waals surface area contributed by atoms with E-state index in [4.69, 9.17) is 4.74 Å². The van der Waals surface area contributed by atoms with Crippen LogP contribution in [0.15, 0.2) is 60.7 Å². The average molecular weight is 299 g/mol. The van der Waals surface area contributed by atoms with Gasteiger partial charge in [0.15, 0.2) is 0 Å². The Kier molecular flexibility index (Phi) is 5.68. The summed E-state index contributed by atoms with van der Waals surface area (Å²) < 4.78 is 5.10. The molecule has 22 heavy (non-hydrogen) atoms. The van der Waals surface area contributed by atoms with Gasteiger partial charge in [0.1, 0.15) is 12.6 Å². The lowest BCUT2D eigenvalue weighted by Crippen LogP contribution is -2.33. The monoisotopic (exact) mass is 299 g/mol. The fraction of sp³-hybridized carbons (Fsp3) is 0.176. The SMILES string of the molecule is O=C(CN[C@@H](C(=O)O)c1ccccc1)OCc1ccccc1. The summed E-state index contributed by atoms with van der Waals surface area (Å²) in [5, 5.41) is 11.9. The Balaban J connectivity index is 1.85. The minimum absolute atomic E-state index is 0.168. The number of carboxylic acids is 1. The van der Waals surface area contributed by atoms with Crippen LogP contribution in [0.5, 0.6) is 0 Å². The van der Waals surface area contributed by atoms with E-state index < -0.39 is 18.0 Å². The van der Waals surface area contributed by atoms with Crippen molar-refractivity contribution >= 4 is 11.9 Å². The number of carboxylic acid groups (broad SMARTS) is 1. The van der Waals surface area contributed by atoms with Crippen molar-refractivity contribution in [1.29, 1.82) is 0 Å². The van der Waals surface area contributed by atoms with Crippen molar-refractivity contribution in [3.8, 4) is 0 Å². The smallest absolute Gasteiger partial charge is 0.325 e. The standard InChI is InChI=1S/C17H17NO4/c19-15(22-12-13-7-3-1-4-8-13)11-18-16(17(20)21)14-9-5-2-6-10-14/h1-10,16,18H,11-12H2,(H,20,21)/t16-/m1/s1. The number of esters is 1. The van der Waals surface area contributed by atoms with Gasteiger partial charge in [-0.1, -0.05) is 60.7 Å². The lowest BCUT2D eigenvalue weighted by Gasteiger charge is -2.14. The minimum Gasteiger partial charge on any atom is -0.480 e. The van der Waals surface area contributed by atoms with Crippen molar-refractivity contribution in [2.75, 3.05) is 6.54 Å². The second-order valence-electron chi connectivity index (χ2n) is 4.71. The lowest BCUT2D eigenvalue weighted by molar-refractivity contribution is -0.144. The van der Waals surface area contributed by atoms with E-state index in [2.05, 4.69) is 5.32 Å². The van der Waals surface area contributed by atoms with Crippen molar-refractivity contribution in [2.24, 2.45) is 0 Å². The van der Waals surface area contributed by atoms with Crippen LogP contribution in [0.25, 0.3) is 0 Å². The molecule has 2 rings (SSSR count). The van der Waals surface area contributed by atoms with E-state index in [1.165, 1.54) is 0 Å². The van der Waals surface area contributed by atoms with Gasteiger partial charge in [0, 0.05) is 0 Å². The molecule has 0 fully saturated rings. The molecule has 114 valence electrons. The zero-order valence-electron chi connectivity index (χ0n) is 11.9. The van der Waals surface area contributed by atoms with Crippen molar-refractivity contribution in [2.45, 2.75) is 12.6 Å². The second kappa shape index (κ2) is 7.95. The van der Waals surface area contributed by atoms with Crippen LogP contribution in [-0.4, -0.2) is 23.6 Å². The molecule has 2 N–H and O–H groups in total. The number of rotatable bonds is 7. The molecule has 0 saturated heterocycles. The highest BCUT2D eigenvalue weighted by atomic mass is 16.5. The molecular weight excluding hydrogens is 282 g/mol. The number of carbonyl (C=O) groups is 2. The van der Waals surface area contributed by atoms with Gasteiger partial charge in [0.05, 0.1) is 6.54 Å². The molecule has 2 aromatic rings. The molecule has 0 saturated carbocycles. The summed E-state index contributed by atoms with van der Waals surface area (Å²) in [6, 6.07) is 17.1. The van der Waals surface area contributed by atoms with E-state index in [9.17, 15) is 14.7 Å². The highest BCUT2D eigenvalue weighted by Crippen LogP contribution is 2.12. The molecule has 0 aliphatic carbocycles. The molecule has 0 aliphatic rings. The van der Waals surface area contributed by atoms with Crippen LogP contribution in [0, 0.1) is 0 Å². The zero-order chi connectivity index (χ0) is 15.8. The largest absolute Gasteiger partial charge is 0.480 e. The predicted octanol–water partition coefficient (Wildman–Crippen LogP) is 2.15. The van der Waals surface area contributed by atoms with Gasteiger partial charge in [-0.2, -0.15) is 0 Å². The van der Waals surface area contributed by atoms with Crippen LogP contribution in [-0.2, 0) is 20.9 Å². The summed E-state index contributed by atoms with van der Waals surface area (Å²) in [7, 11) is 0. The topological polar surface area (TPSA) is 75.6 Å². The van der Waals surface area contributed by atoms with Gasteiger partial charge in [-0.3, -0.25) is 14.9 Å². The van der Waals surface area contributed by atoms with Gasteiger partial charge >= 0.3 is 11.9 Å². The highest BCUT2D eigenvalue weighted by molar-refractivity contribution is 5.77.